The minimum absolute atomic E-state index is 0.0383. The maximum Gasteiger partial charge on any atom is 0.191 e. The molecule has 162 valence electrons. The predicted molar refractivity (Wildman–Crippen MR) is 125 cm³/mol. The zero-order chi connectivity index (χ0) is 21.3. The number of hydrogen-bond acceptors (Lipinski definition) is 9. The van der Waals surface area contributed by atoms with Crippen LogP contribution in [-0.2, 0) is 5.75 Å². The van der Waals surface area contributed by atoms with Crippen molar-refractivity contribution in [1.29, 1.82) is 0 Å². The number of fused-ring (bicyclic) bond motifs is 1. The fourth-order valence-electron chi connectivity index (χ4n) is 2.98. The van der Waals surface area contributed by atoms with Crippen LogP contribution in [-0.4, -0.2) is 51.0 Å². The maximum atomic E-state index is 9.82. The second kappa shape index (κ2) is 11.5. The molecule has 0 amide bonds. The standard InChI is InChI=1S/C21H29N5O2S2/c1-14(2)11-16(12-28)23-18-17-19(24-20(30-17)22-9-6-10-27)26-21(25-18)29-13-15-7-4-3-5-8-15/h3-5,7-8,14,16,27-28H,6,9-13H2,1-2H3,(H2,22,23,24,25,26)/t16-/m1/s1. The molecule has 0 saturated heterocycles. The van der Waals surface area contributed by atoms with Gasteiger partial charge in [0, 0.05) is 18.9 Å². The van der Waals surface area contributed by atoms with Gasteiger partial charge < -0.3 is 20.8 Å². The largest absolute Gasteiger partial charge is 0.396 e. The minimum Gasteiger partial charge on any atom is -0.396 e. The van der Waals surface area contributed by atoms with Crippen molar-refractivity contribution in [1.82, 2.24) is 15.0 Å². The van der Waals surface area contributed by atoms with Crippen LogP contribution in [0.4, 0.5) is 10.9 Å². The van der Waals surface area contributed by atoms with Crippen molar-refractivity contribution in [3.8, 4) is 0 Å². The number of aromatic nitrogens is 3. The first-order chi connectivity index (χ1) is 14.6. The van der Waals surface area contributed by atoms with E-state index in [2.05, 4.69) is 46.6 Å². The Morgan fingerprint density at radius 3 is 2.60 bits per heavy atom. The molecule has 0 aliphatic rings. The first kappa shape index (κ1) is 22.7. The summed E-state index contributed by atoms with van der Waals surface area (Å²) >= 11 is 3.05. The Hall–Kier alpha value is -1.94. The molecule has 0 saturated carbocycles. The number of hydrogen-bond donors (Lipinski definition) is 4. The van der Waals surface area contributed by atoms with Gasteiger partial charge in [-0.05, 0) is 24.3 Å². The van der Waals surface area contributed by atoms with Crippen LogP contribution < -0.4 is 10.6 Å². The summed E-state index contributed by atoms with van der Waals surface area (Å²) in [6, 6.07) is 10.1. The lowest BCUT2D eigenvalue weighted by Gasteiger charge is -2.19. The van der Waals surface area contributed by atoms with Crippen LogP contribution in [0.1, 0.15) is 32.3 Å². The molecule has 0 radical (unpaired) electrons. The topological polar surface area (TPSA) is 103 Å². The summed E-state index contributed by atoms with van der Waals surface area (Å²) in [6.07, 6.45) is 1.50. The summed E-state index contributed by atoms with van der Waals surface area (Å²) in [5.41, 5.74) is 1.85. The molecule has 0 spiro atoms. The van der Waals surface area contributed by atoms with E-state index < -0.39 is 0 Å². The summed E-state index contributed by atoms with van der Waals surface area (Å²) in [7, 11) is 0. The highest BCUT2D eigenvalue weighted by Gasteiger charge is 2.18. The van der Waals surface area contributed by atoms with Gasteiger partial charge in [0.05, 0.1) is 12.6 Å². The van der Waals surface area contributed by atoms with Crippen LogP contribution in [0, 0.1) is 5.92 Å². The predicted octanol–water partition coefficient (Wildman–Crippen LogP) is 3.99. The molecule has 0 unspecified atom stereocenters. The average molecular weight is 448 g/mol. The number of benzene rings is 1. The van der Waals surface area contributed by atoms with Crippen LogP contribution in [0.25, 0.3) is 10.3 Å². The molecular formula is C21H29N5O2S2. The summed E-state index contributed by atoms with van der Waals surface area (Å²) < 4.78 is 0.868. The van der Waals surface area contributed by atoms with Crippen molar-refractivity contribution in [2.45, 2.75) is 43.6 Å². The first-order valence-electron chi connectivity index (χ1n) is 10.2. The number of nitrogens with one attached hydrogen (secondary N) is 2. The third-order valence-corrected chi connectivity index (χ3v) is 6.30. The second-order valence-corrected chi connectivity index (χ2v) is 9.40. The van der Waals surface area contributed by atoms with Gasteiger partial charge in [-0.15, -0.1) is 0 Å². The molecule has 30 heavy (non-hydrogen) atoms. The Morgan fingerprint density at radius 2 is 1.90 bits per heavy atom. The molecule has 0 fully saturated rings. The highest BCUT2D eigenvalue weighted by molar-refractivity contribution is 7.98. The van der Waals surface area contributed by atoms with Crippen molar-refractivity contribution < 1.29 is 10.2 Å². The van der Waals surface area contributed by atoms with E-state index in [1.165, 1.54) is 16.9 Å². The zero-order valence-electron chi connectivity index (χ0n) is 17.3. The summed E-state index contributed by atoms with van der Waals surface area (Å²) in [5.74, 6) is 1.94. The van der Waals surface area contributed by atoms with Gasteiger partial charge in [0.2, 0.25) is 0 Å². The quantitative estimate of drug-likeness (QED) is 0.188. The van der Waals surface area contributed by atoms with Gasteiger partial charge in [0.25, 0.3) is 0 Å². The lowest BCUT2D eigenvalue weighted by molar-refractivity contribution is 0.259. The lowest BCUT2D eigenvalue weighted by Crippen LogP contribution is -2.26. The van der Waals surface area contributed by atoms with Crippen LogP contribution in [0.2, 0.25) is 0 Å². The molecule has 0 bridgehead atoms. The molecule has 9 heteroatoms. The van der Waals surface area contributed by atoms with Gasteiger partial charge in [-0.2, -0.15) is 4.98 Å². The molecule has 1 atom stereocenters. The molecule has 3 aromatic rings. The maximum absolute atomic E-state index is 9.82. The van der Waals surface area contributed by atoms with Gasteiger partial charge in [-0.25, -0.2) is 9.97 Å². The van der Waals surface area contributed by atoms with Crippen LogP contribution in [0.3, 0.4) is 0 Å². The number of nitrogens with zero attached hydrogens (tertiary/aromatic N) is 3. The molecule has 0 aliphatic heterocycles. The Kier molecular flexibility index (Phi) is 8.68. The van der Waals surface area contributed by atoms with Crippen LogP contribution >= 0.6 is 23.1 Å². The highest BCUT2D eigenvalue weighted by Crippen LogP contribution is 2.33. The Morgan fingerprint density at radius 1 is 1.10 bits per heavy atom. The van der Waals surface area contributed by atoms with Gasteiger partial charge in [0.1, 0.15) is 4.70 Å². The van der Waals surface area contributed by atoms with Gasteiger partial charge >= 0.3 is 0 Å². The third kappa shape index (κ3) is 6.53. The summed E-state index contributed by atoms with van der Waals surface area (Å²) in [6.45, 7) is 5.09. The number of aliphatic hydroxyl groups excluding tert-OH is 2. The van der Waals surface area contributed by atoms with E-state index in [0.717, 1.165) is 22.0 Å². The number of rotatable bonds is 12. The Labute approximate surface area is 185 Å². The van der Waals surface area contributed by atoms with E-state index in [1.54, 1.807) is 11.8 Å². The number of anilines is 2. The third-order valence-electron chi connectivity index (χ3n) is 4.37. The fraction of sp³-hybridized carbons (Fsp3) is 0.476. The first-order valence-corrected chi connectivity index (χ1v) is 12.0. The van der Waals surface area contributed by atoms with Crippen molar-refractivity contribution >= 4 is 44.4 Å². The van der Waals surface area contributed by atoms with E-state index in [9.17, 15) is 5.11 Å². The summed E-state index contributed by atoms with van der Waals surface area (Å²) in [5, 5.41) is 26.9. The van der Waals surface area contributed by atoms with Crippen molar-refractivity contribution in [2.24, 2.45) is 5.92 Å². The Bertz CT molecular complexity index is 920. The van der Waals surface area contributed by atoms with E-state index in [1.807, 2.05) is 18.2 Å². The van der Waals surface area contributed by atoms with E-state index in [-0.39, 0.29) is 19.3 Å². The van der Waals surface area contributed by atoms with Gasteiger partial charge in [-0.1, -0.05) is 67.3 Å². The van der Waals surface area contributed by atoms with Crippen LogP contribution in [0.5, 0.6) is 0 Å². The molecule has 4 N–H and O–H groups in total. The normalized spacial score (nSPS) is 12.4. The summed E-state index contributed by atoms with van der Waals surface area (Å²) in [4.78, 5) is 14.0. The molecule has 1 aromatic carbocycles. The van der Waals surface area contributed by atoms with Crippen molar-refractivity contribution in [2.75, 3.05) is 30.4 Å². The van der Waals surface area contributed by atoms with Gasteiger partial charge in [0.15, 0.2) is 21.8 Å². The molecule has 0 aliphatic carbocycles. The Balaban J connectivity index is 1.86. The zero-order valence-corrected chi connectivity index (χ0v) is 19.0. The average Bonchev–Trinajstić information content (AvgIpc) is 3.15. The highest BCUT2D eigenvalue weighted by atomic mass is 32.2. The molecule has 2 aromatic heterocycles. The second-order valence-electron chi connectivity index (χ2n) is 7.46. The monoisotopic (exact) mass is 447 g/mol. The smallest absolute Gasteiger partial charge is 0.191 e. The van der Waals surface area contributed by atoms with Gasteiger partial charge in [-0.3, -0.25) is 0 Å². The van der Waals surface area contributed by atoms with E-state index in [0.29, 0.717) is 35.5 Å². The minimum atomic E-state index is -0.0806. The fourth-order valence-corrected chi connectivity index (χ4v) is 4.66. The number of thiazole rings is 1. The van der Waals surface area contributed by atoms with E-state index >= 15 is 0 Å². The van der Waals surface area contributed by atoms with Crippen LogP contribution in [0.15, 0.2) is 35.5 Å². The SMILES string of the molecule is CC(C)C[C@H](CO)Nc1nc(SCc2ccccc2)nc2nc(NCCCO)sc12. The van der Waals surface area contributed by atoms with Crippen molar-refractivity contribution in [3.05, 3.63) is 35.9 Å². The number of thioether (sulfide) groups is 1. The molecule has 7 nitrogen and oxygen atoms in total. The van der Waals surface area contributed by atoms with Crippen molar-refractivity contribution in [3.63, 3.8) is 0 Å². The number of aliphatic hydroxyl groups is 2. The lowest BCUT2D eigenvalue weighted by atomic mass is 10.0. The molecule has 3 rings (SSSR count). The molecular weight excluding hydrogens is 418 g/mol. The molecule has 2 heterocycles. The van der Waals surface area contributed by atoms with E-state index in [4.69, 9.17) is 10.1 Å².